The number of ether oxygens (including phenoxy) is 2. The first kappa shape index (κ1) is 16.1. The van der Waals surface area contributed by atoms with Crippen LogP contribution in [0.1, 0.15) is 19.8 Å². The van der Waals surface area contributed by atoms with Gasteiger partial charge < -0.3 is 14.8 Å². The van der Waals surface area contributed by atoms with Crippen LogP contribution in [0.15, 0.2) is 18.2 Å². The predicted octanol–water partition coefficient (Wildman–Crippen LogP) is 1.42. The second-order valence-electron chi connectivity index (χ2n) is 5.66. The number of piperidine rings is 1. The third-order valence-electron chi connectivity index (χ3n) is 4.15. The molecule has 0 radical (unpaired) electrons. The number of anilines is 1. The molecule has 2 aliphatic heterocycles. The van der Waals surface area contributed by atoms with E-state index in [4.69, 9.17) is 9.47 Å². The monoisotopic (exact) mass is 340 g/mol. The standard InChI is InChI=1S/C15H20N2O5S/c1-2-23(19,20)17-7-3-4-11(9-17)15(18)16-12-5-6-13-14(8-12)22-10-21-13/h5-6,8,11H,2-4,7,9-10H2,1H3,(H,16,18). The lowest BCUT2D eigenvalue weighted by atomic mass is 9.98. The first-order valence-corrected chi connectivity index (χ1v) is 9.29. The van der Waals surface area contributed by atoms with Crippen molar-refractivity contribution in [3.05, 3.63) is 18.2 Å². The average Bonchev–Trinajstić information content (AvgIpc) is 3.02. The van der Waals surface area contributed by atoms with E-state index in [1.54, 1.807) is 25.1 Å². The maximum absolute atomic E-state index is 12.4. The lowest BCUT2D eigenvalue weighted by Gasteiger charge is -2.30. The van der Waals surface area contributed by atoms with Crippen LogP contribution in [-0.4, -0.2) is 44.3 Å². The Labute approximate surface area is 135 Å². The van der Waals surface area contributed by atoms with Crippen molar-refractivity contribution >= 4 is 21.6 Å². The van der Waals surface area contributed by atoms with Crippen LogP contribution in [0.4, 0.5) is 5.69 Å². The molecule has 0 aromatic heterocycles. The van der Waals surface area contributed by atoms with E-state index in [1.165, 1.54) is 4.31 Å². The third kappa shape index (κ3) is 3.42. The van der Waals surface area contributed by atoms with Crippen molar-refractivity contribution in [2.24, 2.45) is 5.92 Å². The topological polar surface area (TPSA) is 84.9 Å². The molecular formula is C15H20N2O5S. The van der Waals surface area contributed by atoms with Gasteiger partial charge in [0.15, 0.2) is 11.5 Å². The number of hydrogen-bond acceptors (Lipinski definition) is 5. The van der Waals surface area contributed by atoms with Crippen LogP contribution in [0, 0.1) is 5.92 Å². The Balaban J connectivity index is 1.66. The van der Waals surface area contributed by atoms with Gasteiger partial charge in [0.2, 0.25) is 22.7 Å². The van der Waals surface area contributed by atoms with Gasteiger partial charge in [-0.1, -0.05) is 0 Å². The van der Waals surface area contributed by atoms with Gasteiger partial charge in [-0.3, -0.25) is 4.79 Å². The Hall–Kier alpha value is -1.80. The second kappa shape index (κ2) is 6.37. The molecule has 2 heterocycles. The van der Waals surface area contributed by atoms with Crippen molar-refractivity contribution in [3.63, 3.8) is 0 Å². The molecule has 0 aliphatic carbocycles. The summed E-state index contributed by atoms with van der Waals surface area (Å²) in [5.74, 6) is 0.807. The molecule has 0 bridgehead atoms. The SMILES string of the molecule is CCS(=O)(=O)N1CCCC(C(=O)Nc2ccc3c(c2)OCO3)C1. The first-order chi connectivity index (χ1) is 11.0. The number of nitrogens with zero attached hydrogens (tertiary/aromatic N) is 1. The number of fused-ring (bicyclic) bond motifs is 1. The minimum Gasteiger partial charge on any atom is -0.454 e. The zero-order valence-electron chi connectivity index (χ0n) is 12.9. The van der Waals surface area contributed by atoms with Crippen molar-refractivity contribution in [1.29, 1.82) is 0 Å². The summed E-state index contributed by atoms with van der Waals surface area (Å²) >= 11 is 0. The van der Waals surface area contributed by atoms with Crippen molar-refractivity contribution < 1.29 is 22.7 Å². The van der Waals surface area contributed by atoms with Gasteiger partial charge in [-0.2, -0.15) is 0 Å². The van der Waals surface area contributed by atoms with E-state index in [-0.39, 0.29) is 30.9 Å². The number of nitrogens with one attached hydrogen (secondary N) is 1. The van der Waals surface area contributed by atoms with Gasteiger partial charge in [0.1, 0.15) is 0 Å². The van der Waals surface area contributed by atoms with E-state index in [0.29, 0.717) is 36.6 Å². The van der Waals surface area contributed by atoms with Gasteiger partial charge in [0, 0.05) is 24.8 Å². The number of amides is 1. The summed E-state index contributed by atoms with van der Waals surface area (Å²) in [4.78, 5) is 12.4. The fourth-order valence-electron chi connectivity index (χ4n) is 2.81. The molecule has 126 valence electrons. The van der Waals surface area contributed by atoms with Crippen molar-refractivity contribution in [2.75, 3.05) is 31.0 Å². The number of benzene rings is 1. The minimum absolute atomic E-state index is 0.0590. The molecule has 1 unspecified atom stereocenters. The molecule has 1 N–H and O–H groups in total. The van der Waals surface area contributed by atoms with Crippen molar-refractivity contribution in [1.82, 2.24) is 4.31 Å². The van der Waals surface area contributed by atoms with E-state index >= 15 is 0 Å². The number of rotatable bonds is 4. The quantitative estimate of drug-likeness (QED) is 0.896. The minimum atomic E-state index is -3.25. The molecule has 1 fully saturated rings. The highest BCUT2D eigenvalue weighted by Crippen LogP contribution is 2.34. The Morgan fingerprint density at radius 2 is 2.13 bits per heavy atom. The van der Waals surface area contributed by atoms with Gasteiger partial charge in [-0.25, -0.2) is 12.7 Å². The molecule has 23 heavy (non-hydrogen) atoms. The summed E-state index contributed by atoms with van der Waals surface area (Å²) in [6.45, 7) is 2.53. The summed E-state index contributed by atoms with van der Waals surface area (Å²) in [5.41, 5.74) is 0.620. The maximum atomic E-state index is 12.4. The average molecular weight is 340 g/mol. The third-order valence-corrected chi connectivity index (χ3v) is 6.00. The van der Waals surface area contributed by atoms with Crippen LogP contribution >= 0.6 is 0 Å². The Bertz CT molecular complexity index is 704. The lowest BCUT2D eigenvalue weighted by Crippen LogP contribution is -2.44. The number of sulfonamides is 1. The fourth-order valence-corrected chi connectivity index (χ4v) is 3.99. The molecule has 0 saturated carbocycles. The van der Waals surface area contributed by atoms with E-state index < -0.39 is 10.0 Å². The highest BCUT2D eigenvalue weighted by molar-refractivity contribution is 7.89. The van der Waals surface area contributed by atoms with Crippen LogP contribution in [0.25, 0.3) is 0 Å². The lowest BCUT2D eigenvalue weighted by molar-refractivity contribution is -0.120. The predicted molar refractivity (Wildman–Crippen MR) is 85.0 cm³/mol. The highest BCUT2D eigenvalue weighted by atomic mass is 32.2. The van der Waals surface area contributed by atoms with E-state index in [0.717, 1.165) is 0 Å². The van der Waals surface area contributed by atoms with E-state index in [2.05, 4.69) is 5.32 Å². The highest BCUT2D eigenvalue weighted by Gasteiger charge is 2.31. The molecule has 1 aromatic carbocycles. The Kier molecular flexibility index (Phi) is 4.45. The molecule has 7 nitrogen and oxygen atoms in total. The number of carbonyl (C=O) groups is 1. The maximum Gasteiger partial charge on any atom is 0.231 e. The zero-order chi connectivity index (χ0) is 16.4. The number of carbonyl (C=O) groups excluding carboxylic acids is 1. The Morgan fingerprint density at radius 1 is 1.35 bits per heavy atom. The molecule has 2 aliphatic rings. The zero-order valence-corrected chi connectivity index (χ0v) is 13.8. The van der Waals surface area contributed by atoms with Crippen LogP contribution < -0.4 is 14.8 Å². The van der Waals surface area contributed by atoms with Gasteiger partial charge >= 0.3 is 0 Å². The molecule has 1 atom stereocenters. The molecule has 1 amide bonds. The Morgan fingerprint density at radius 3 is 2.91 bits per heavy atom. The molecule has 1 aromatic rings. The number of hydrogen-bond donors (Lipinski definition) is 1. The van der Waals surface area contributed by atoms with Gasteiger partial charge in [0.05, 0.1) is 11.7 Å². The van der Waals surface area contributed by atoms with Crippen molar-refractivity contribution in [2.45, 2.75) is 19.8 Å². The summed E-state index contributed by atoms with van der Waals surface area (Å²) < 4.78 is 35.9. The molecular weight excluding hydrogens is 320 g/mol. The van der Waals surface area contributed by atoms with Gasteiger partial charge in [0.25, 0.3) is 0 Å². The van der Waals surface area contributed by atoms with Crippen LogP contribution in [0.5, 0.6) is 11.5 Å². The summed E-state index contributed by atoms with van der Waals surface area (Å²) in [7, 11) is -3.25. The molecule has 0 spiro atoms. The van der Waals surface area contributed by atoms with Crippen LogP contribution in [0.2, 0.25) is 0 Å². The summed E-state index contributed by atoms with van der Waals surface area (Å²) in [6.07, 6.45) is 1.38. The molecule has 8 heteroatoms. The summed E-state index contributed by atoms with van der Waals surface area (Å²) in [5, 5.41) is 2.84. The first-order valence-electron chi connectivity index (χ1n) is 7.68. The van der Waals surface area contributed by atoms with E-state index in [9.17, 15) is 13.2 Å². The molecule has 3 rings (SSSR count). The molecule has 1 saturated heterocycles. The van der Waals surface area contributed by atoms with Crippen molar-refractivity contribution in [3.8, 4) is 11.5 Å². The van der Waals surface area contributed by atoms with E-state index in [1.807, 2.05) is 0 Å². The van der Waals surface area contributed by atoms with Crippen LogP contribution in [0.3, 0.4) is 0 Å². The smallest absolute Gasteiger partial charge is 0.231 e. The second-order valence-corrected chi connectivity index (χ2v) is 7.91. The van der Waals surface area contributed by atoms with Gasteiger partial charge in [-0.05, 0) is 31.9 Å². The van der Waals surface area contributed by atoms with Gasteiger partial charge in [-0.15, -0.1) is 0 Å². The largest absolute Gasteiger partial charge is 0.454 e. The van der Waals surface area contributed by atoms with Crippen LogP contribution in [-0.2, 0) is 14.8 Å². The fraction of sp³-hybridized carbons (Fsp3) is 0.533. The summed E-state index contributed by atoms with van der Waals surface area (Å²) in [6, 6.07) is 5.20. The normalized spacial score (nSPS) is 21.2.